The molecule has 0 aliphatic heterocycles. The third-order valence-corrected chi connectivity index (χ3v) is 3.02. The van der Waals surface area contributed by atoms with Crippen LogP contribution in [0.4, 0.5) is 13.2 Å². The lowest BCUT2D eigenvalue weighted by Crippen LogP contribution is -2.21. The number of halogens is 3. The fourth-order valence-electron chi connectivity index (χ4n) is 1.57. The molecule has 0 bridgehead atoms. The van der Waals surface area contributed by atoms with E-state index in [0.29, 0.717) is 0 Å². The molecule has 22 heavy (non-hydrogen) atoms. The Kier molecular flexibility index (Phi) is 5.86. The smallest absolute Gasteiger partial charge is 0.305 e. The van der Waals surface area contributed by atoms with Crippen LogP contribution in [0.5, 0.6) is 0 Å². The summed E-state index contributed by atoms with van der Waals surface area (Å²) in [6.45, 7) is 0.942. The van der Waals surface area contributed by atoms with Crippen LogP contribution in [0.2, 0.25) is 0 Å². The van der Waals surface area contributed by atoms with Crippen molar-refractivity contribution in [2.45, 2.75) is 12.1 Å². The molecular formula is C13H15F3N2O3S. The molecule has 0 aliphatic carbocycles. The summed E-state index contributed by atoms with van der Waals surface area (Å²) in [4.78, 5) is 6.55. The van der Waals surface area contributed by atoms with Gasteiger partial charge in [-0.1, -0.05) is 18.2 Å². The van der Waals surface area contributed by atoms with Crippen molar-refractivity contribution in [1.29, 1.82) is 0 Å². The number of fused-ring (bicyclic) bond motifs is 1. The van der Waals surface area contributed by atoms with Crippen molar-refractivity contribution >= 4 is 21.0 Å². The lowest BCUT2D eigenvalue weighted by molar-refractivity contribution is -0.0510. The Morgan fingerprint density at radius 2 is 1.77 bits per heavy atom. The first kappa shape index (κ1) is 18.3. The van der Waals surface area contributed by atoms with E-state index < -0.39 is 15.6 Å². The van der Waals surface area contributed by atoms with E-state index in [1.165, 1.54) is 10.9 Å². The summed E-state index contributed by atoms with van der Waals surface area (Å²) >= 11 is 0. The first-order valence-electron chi connectivity index (χ1n) is 6.03. The average Bonchev–Trinajstić information content (AvgIpc) is 2.36. The average molecular weight is 336 g/mol. The van der Waals surface area contributed by atoms with Crippen molar-refractivity contribution in [1.82, 2.24) is 9.88 Å². The van der Waals surface area contributed by atoms with Crippen molar-refractivity contribution < 1.29 is 26.1 Å². The van der Waals surface area contributed by atoms with Gasteiger partial charge in [-0.25, -0.2) is 0 Å². The highest BCUT2D eigenvalue weighted by Crippen LogP contribution is 2.20. The van der Waals surface area contributed by atoms with Gasteiger partial charge in [-0.2, -0.15) is 21.6 Å². The number of alkyl halides is 3. The summed E-state index contributed by atoms with van der Waals surface area (Å²) in [5.41, 5.74) is -3.21. The standard InChI is InChI=1S/C12H14N2.CHF3O3S/c1-14(2)9-10-7-11-5-3-4-6-12(11)13-8-10;2-1(3,4)8(5,6)7/h3-8H,9H2,1-2H3;(H,5,6,7). The van der Waals surface area contributed by atoms with Gasteiger partial charge in [0, 0.05) is 18.1 Å². The van der Waals surface area contributed by atoms with E-state index in [1.807, 2.05) is 24.4 Å². The Balaban J connectivity index is 0.000000261. The number of nitrogens with zero attached hydrogens (tertiary/aromatic N) is 2. The molecule has 0 amide bonds. The molecule has 0 saturated carbocycles. The van der Waals surface area contributed by atoms with Crippen molar-refractivity contribution in [3.8, 4) is 0 Å². The first-order chi connectivity index (χ1) is 10.0. The molecule has 1 N–H and O–H groups in total. The van der Waals surface area contributed by atoms with Gasteiger partial charge in [-0.3, -0.25) is 9.54 Å². The molecular weight excluding hydrogens is 321 g/mol. The SMILES string of the molecule is CN(C)Cc1cnc2ccccc2c1.O=S(=O)(O)C(F)(F)F. The largest absolute Gasteiger partial charge is 0.522 e. The van der Waals surface area contributed by atoms with Gasteiger partial charge in [0.25, 0.3) is 0 Å². The highest BCUT2D eigenvalue weighted by molar-refractivity contribution is 7.86. The Labute approximate surface area is 126 Å². The number of rotatable bonds is 2. The van der Waals surface area contributed by atoms with E-state index >= 15 is 0 Å². The van der Waals surface area contributed by atoms with Crippen LogP contribution >= 0.6 is 0 Å². The number of hydrogen-bond acceptors (Lipinski definition) is 4. The van der Waals surface area contributed by atoms with Gasteiger partial charge >= 0.3 is 15.6 Å². The third-order valence-electron chi connectivity index (χ3n) is 2.44. The fraction of sp³-hybridized carbons (Fsp3) is 0.308. The van der Waals surface area contributed by atoms with E-state index in [9.17, 15) is 13.2 Å². The number of benzene rings is 1. The molecule has 9 heteroatoms. The molecule has 0 aliphatic rings. The van der Waals surface area contributed by atoms with Gasteiger partial charge in [0.05, 0.1) is 5.52 Å². The monoisotopic (exact) mass is 336 g/mol. The lowest BCUT2D eigenvalue weighted by atomic mass is 10.1. The van der Waals surface area contributed by atoms with E-state index in [2.05, 4.69) is 36.1 Å². The topological polar surface area (TPSA) is 70.5 Å². The second kappa shape index (κ2) is 7.03. The molecule has 0 atom stereocenters. The van der Waals surface area contributed by atoms with Crippen LogP contribution in [-0.2, 0) is 16.7 Å². The van der Waals surface area contributed by atoms with Crippen LogP contribution in [0.15, 0.2) is 36.5 Å². The van der Waals surface area contributed by atoms with Gasteiger partial charge in [0.2, 0.25) is 0 Å². The molecule has 1 aromatic heterocycles. The van der Waals surface area contributed by atoms with E-state index in [0.717, 1.165) is 12.1 Å². The molecule has 0 saturated heterocycles. The summed E-state index contributed by atoms with van der Waals surface area (Å²) in [6.07, 6.45) is 1.95. The van der Waals surface area contributed by atoms with Crippen LogP contribution in [0.25, 0.3) is 10.9 Å². The molecule has 2 aromatic rings. The van der Waals surface area contributed by atoms with E-state index in [4.69, 9.17) is 13.0 Å². The molecule has 0 spiro atoms. The molecule has 0 radical (unpaired) electrons. The fourth-order valence-corrected chi connectivity index (χ4v) is 1.57. The molecule has 5 nitrogen and oxygen atoms in total. The van der Waals surface area contributed by atoms with Crippen molar-refractivity contribution in [3.05, 3.63) is 42.1 Å². The molecule has 1 aromatic carbocycles. The van der Waals surface area contributed by atoms with Crippen LogP contribution < -0.4 is 0 Å². The van der Waals surface area contributed by atoms with E-state index in [1.54, 1.807) is 0 Å². The van der Waals surface area contributed by atoms with Crippen LogP contribution in [0.1, 0.15) is 5.56 Å². The first-order valence-corrected chi connectivity index (χ1v) is 7.47. The minimum Gasteiger partial charge on any atom is -0.305 e. The van der Waals surface area contributed by atoms with Crippen LogP contribution in [0.3, 0.4) is 0 Å². The van der Waals surface area contributed by atoms with Gasteiger partial charge in [0.1, 0.15) is 0 Å². The number of pyridine rings is 1. The molecule has 2 rings (SSSR count). The zero-order valence-corrected chi connectivity index (χ0v) is 12.7. The number of para-hydroxylation sites is 1. The second-order valence-electron chi connectivity index (χ2n) is 4.69. The summed E-state index contributed by atoms with van der Waals surface area (Å²) in [6, 6.07) is 10.4. The van der Waals surface area contributed by atoms with Crippen LogP contribution in [0, 0.1) is 0 Å². The maximum atomic E-state index is 10.7. The minimum absolute atomic E-state index is 0.942. The van der Waals surface area contributed by atoms with E-state index in [-0.39, 0.29) is 0 Å². The van der Waals surface area contributed by atoms with Gasteiger partial charge in [0.15, 0.2) is 0 Å². The molecule has 1 heterocycles. The summed E-state index contributed by atoms with van der Waals surface area (Å²) < 4.78 is 57.5. The number of hydrogen-bond donors (Lipinski definition) is 1. The Bertz CT molecular complexity index is 731. The number of aromatic nitrogens is 1. The minimum atomic E-state index is -5.84. The Hall–Kier alpha value is -1.71. The Morgan fingerprint density at radius 3 is 2.27 bits per heavy atom. The predicted octanol–water partition coefficient (Wildman–Crippen LogP) is 2.69. The zero-order valence-electron chi connectivity index (χ0n) is 11.9. The quantitative estimate of drug-likeness (QED) is 0.674. The van der Waals surface area contributed by atoms with Crippen LogP contribution in [-0.4, -0.2) is 42.5 Å². The normalized spacial score (nSPS) is 12.1. The van der Waals surface area contributed by atoms with Crippen molar-refractivity contribution in [3.63, 3.8) is 0 Å². The predicted molar refractivity (Wildman–Crippen MR) is 76.7 cm³/mol. The summed E-state index contributed by atoms with van der Waals surface area (Å²) in [5, 5.41) is 1.21. The van der Waals surface area contributed by atoms with Crippen molar-refractivity contribution in [2.75, 3.05) is 14.1 Å². The lowest BCUT2D eigenvalue weighted by Gasteiger charge is -2.09. The molecule has 0 unspecified atom stereocenters. The maximum Gasteiger partial charge on any atom is 0.522 e. The highest BCUT2D eigenvalue weighted by atomic mass is 32.2. The van der Waals surface area contributed by atoms with Crippen molar-refractivity contribution in [2.24, 2.45) is 0 Å². The summed E-state index contributed by atoms with van der Waals surface area (Å²) in [7, 11) is -1.71. The third kappa shape index (κ3) is 5.58. The zero-order chi connectivity index (χ0) is 17.0. The Morgan fingerprint density at radius 1 is 1.23 bits per heavy atom. The highest BCUT2D eigenvalue weighted by Gasteiger charge is 2.44. The van der Waals surface area contributed by atoms with Gasteiger partial charge in [-0.15, -0.1) is 0 Å². The maximum absolute atomic E-state index is 10.7. The molecule has 122 valence electrons. The van der Waals surface area contributed by atoms with Gasteiger partial charge in [-0.05, 0) is 31.8 Å². The second-order valence-corrected chi connectivity index (χ2v) is 6.11. The van der Waals surface area contributed by atoms with Gasteiger partial charge < -0.3 is 4.90 Å². The molecule has 0 fully saturated rings. The summed E-state index contributed by atoms with van der Waals surface area (Å²) in [5.74, 6) is 0.